The lowest BCUT2D eigenvalue weighted by Crippen LogP contribution is -2.34. The largest absolute Gasteiger partial charge is 0.346 e. The SMILES string of the molecule is CCc1nc(C(=O)NC(C)Cc2ccccc2Cl)n[nH]1. The molecule has 1 atom stereocenters. The lowest BCUT2D eigenvalue weighted by atomic mass is 10.1. The Kier molecular flexibility index (Phi) is 4.74. The molecule has 106 valence electrons. The van der Waals surface area contributed by atoms with E-state index in [1.807, 2.05) is 38.1 Å². The maximum absolute atomic E-state index is 12.0. The van der Waals surface area contributed by atoms with Crippen LogP contribution < -0.4 is 5.32 Å². The molecule has 2 N–H and O–H groups in total. The van der Waals surface area contributed by atoms with Crippen LogP contribution in [0.2, 0.25) is 5.02 Å². The minimum absolute atomic E-state index is 0.0500. The molecule has 0 saturated heterocycles. The first-order valence-electron chi connectivity index (χ1n) is 6.55. The number of nitrogens with zero attached hydrogens (tertiary/aromatic N) is 2. The Balaban J connectivity index is 1.96. The number of H-pyrrole nitrogens is 1. The van der Waals surface area contributed by atoms with Crippen LogP contribution in [0.4, 0.5) is 0 Å². The van der Waals surface area contributed by atoms with Crippen molar-refractivity contribution in [1.82, 2.24) is 20.5 Å². The van der Waals surface area contributed by atoms with Crippen LogP contribution in [0.3, 0.4) is 0 Å². The molecule has 1 unspecified atom stereocenters. The molecule has 0 aliphatic rings. The second-order valence-corrected chi connectivity index (χ2v) is 5.04. The number of amides is 1. The second-order valence-electron chi connectivity index (χ2n) is 4.63. The number of aryl methyl sites for hydroxylation is 1. The van der Waals surface area contributed by atoms with Gasteiger partial charge in [0, 0.05) is 17.5 Å². The van der Waals surface area contributed by atoms with Gasteiger partial charge in [0.2, 0.25) is 5.82 Å². The highest BCUT2D eigenvalue weighted by atomic mass is 35.5. The fourth-order valence-electron chi connectivity index (χ4n) is 1.89. The van der Waals surface area contributed by atoms with Gasteiger partial charge in [-0.25, -0.2) is 4.98 Å². The highest BCUT2D eigenvalue weighted by Gasteiger charge is 2.15. The van der Waals surface area contributed by atoms with E-state index in [0.717, 1.165) is 12.0 Å². The summed E-state index contributed by atoms with van der Waals surface area (Å²) in [5, 5.41) is 10.2. The van der Waals surface area contributed by atoms with Crippen LogP contribution in [0.1, 0.15) is 35.9 Å². The average Bonchev–Trinajstić information content (AvgIpc) is 2.90. The number of rotatable bonds is 5. The third-order valence-corrected chi connectivity index (χ3v) is 3.30. The van der Waals surface area contributed by atoms with Crippen molar-refractivity contribution in [2.45, 2.75) is 32.7 Å². The highest BCUT2D eigenvalue weighted by Crippen LogP contribution is 2.16. The van der Waals surface area contributed by atoms with Crippen molar-refractivity contribution in [3.63, 3.8) is 0 Å². The van der Waals surface area contributed by atoms with Crippen LogP contribution in [-0.4, -0.2) is 27.1 Å². The molecule has 5 nitrogen and oxygen atoms in total. The first kappa shape index (κ1) is 14.5. The Morgan fingerprint density at radius 3 is 2.85 bits per heavy atom. The lowest BCUT2D eigenvalue weighted by molar-refractivity contribution is 0.0930. The van der Waals surface area contributed by atoms with Crippen LogP contribution in [0, 0.1) is 0 Å². The van der Waals surface area contributed by atoms with E-state index >= 15 is 0 Å². The van der Waals surface area contributed by atoms with Crippen molar-refractivity contribution in [1.29, 1.82) is 0 Å². The summed E-state index contributed by atoms with van der Waals surface area (Å²) < 4.78 is 0. The zero-order valence-corrected chi connectivity index (χ0v) is 12.2. The third-order valence-electron chi connectivity index (χ3n) is 2.93. The molecule has 0 aliphatic heterocycles. The Bertz CT molecular complexity index is 596. The van der Waals surface area contributed by atoms with Gasteiger partial charge in [-0.05, 0) is 25.0 Å². The van der Waals surface area contributed by atoms with Gasteiger partial charge in [-0.1, -0.05) is 36.7 Å². The minimum Gasteiger partial charge on any atom is -0.346 e. The zero-order chi connectivity index (χ0) is 14.5. The van der Waals surface area contributed by atoms with Crippen LogP contribution >= 0.6 is 11.6 Å². The first-order valence-corrected chi connectivity index (χ1v) is 6.93. The normalized spacial score (nSPS) is 12.2. The summed E-state index contributed by atoms with van der Waals surface area (Å²) in [5.74, 6) is 0.599. The maximum atomic E-state index is 12.0. The Morgan fingerprint density at radius 1 is 1.45 bits per heavy atom. The molecule has 0 bridgehead atoms. The molecule has 1 aromatic heterocycles. The molecular formula is C14H17ClN4O. The van der Waals surface area contributed by atoms with Crippen molar-refractivity contribution >= 4 is 17.5 Å². The van der Waals surface area contributed by atoms with Gasteiger partial charge in [-0.15, -0.1) is 5.10 Å². The summed E-state index contributed by atoms with van der Waals surface area (Å²) in [7, 11) is 0. The van der Waals surface area contributed by atoms with Gasteiger partial charge in [0.05, 0.1) is 0 Å². The van der Waals surface area contributed by atoms with E-state index in [9.17, 15) is 4.79 Å². The molecule has 1 amide bonds. The topological polar surface area (TPSA) is 70.7 Å². The second kappa shape index (κ2) is 6.52. The number of hydrogen-bond donors (Lipinski definition) is 2. The van der Waals surface area contributed by atoms with E-state index in [4.69, 9.17) is 11.6 Å². The fourth-order valence-corrected chi connectivity index (χ4v) is 2.10. The number of carbonyl (C=O) groups is 1. The van der Waals surface area contributed by atoms with Crippen molar-refractivity contribution < 1.29 is 4.79 Å². The number of hydrogen-bond acceptors (Lipinski definition) is 3. The van der Waals surface area contributed by atoms with Gasteiger partial charge in [0.25, 0.3) is 5.91 Å². The molecule has 0 saturated carbocycles. The molecule has 2 aromatic rings. The summed E-state index contributed by atoms with van der Waals surface area (Å²) in [6, 6.07) is 7.56. The molecule has 20 heavy (non-hydrogen) atoms. The predicted octanol–water partition coefficient (Wildman–Crippen LogP) is 2.38. The quantitative estimate of drug-likeness (QED) is 0.889. The van der Waals surface area contributed by atoms with Gasteiger partial charge in [0.1, 0.15) is 5.82 Å². The van der Waals surface area contributed by atoms with Crippen LogP contribution in [-0.2, 0) is 12.8 Å². The van der Waals surface area contributed by atoms with Gasteiger partial charge in [-0.3, -0.25) is 9.89 Å². The molecule has 0 aliphatic carbocycles. The van der Waals surface area contributed by atoms with E-state index in [1.54, 1.807) is 0 Å². The standard InChI is InChI=1S/C14H17ClN4O/c1-3-12-17-13(19-18-12)14(20)16-9(2)8-10-6-4-5-7-11(10)15/h4-7,9H,3,8H2,1-2H3,(H,16,20)(H,17,18,19). The fraction of sp³-hybridized carbons (Fsp3) is 0.357. The molecule has 0 spiro atoms. The van der Waals surface area contributed by atoms with Gasteiger partial charge >= 0.3 is 0 Å². The molecule has 1 aromatic carbocycles. The highest BCUT2D eigenvalue weighted by molar-refractivity contribution is 6.31. The number of carbonyl (C=O) groups excluding carboxylic acids is 1. The van der Waals surface area contributed by atoms with E-state index in [1.165, 1.54) is 0 Å². The number of nitrogens with one attached hydrogen (secondary N) is 2. The lowest BCUT2D eigenvalue weighted by Gasteiger charge is -2.13. The van der Waals surface area contributed by atoms with Crippen molar-refractivity contribution in [2.75, 3.05) is 0 Å². The monoisotopic (exact) mass is 292 g/mol. The van der Waals surface area contributed by atoms with Crippen LogP contribution in [0.25, 0.3) is 0 Å². The predicted molar refractivity (Wildman–Crippen MR) is 77.8 cm³/mol. The van der Waals surface area contributed by atoms with E-state index in [0.29, 0.717) is 17.3 Å². The van der Waals surface area contributed by atoms with Crippen molar-refractivity contribution in [2.24, 2.45) is 0 Å². The molecule has 2 rings (SSSR count). The Labute approximate surface area is 122 Å². The average molecular weight is 293 g/mol. The van der Waals surface area contributed by atoms with Crippen molar-refractivity contribution in [3.05, 3.63) is 46.5 Å². The number of benzene rings is 1. The minimum atomic E-state index is -0.277. The van der Waals surface area contributed by atoms with Crippen LogP contribution in [0.5, 0.6) is 0 Å². The Morgan fingerprint density at radius 2 is 2.20 bits per heavy atom. The molecule has 0 fully saturated rings. The first-order chi connectivity index (χ1) is 9.60. The summed E-state index contributed by atoms with van der Waals surface area (Å²) in [4.78, 5) is 16.1. The number of aromatic nitrogens is 3. The molecule has 1 heterocycles. The van der Waals surface area contributed by atoms with Gasteiger partial charge in [-0.2, -0.15) is 0 Å². The van der Waals surface area contributed by atoms with E-state index < -0.39 is 0 Å². The maximum Gasteiger partial charge on any atom is 0.291 e. The summed E-state index contributed by atoms with van der Waals surface area (Å²) in [6.45, 7) is 3.87. The molecule has 0 radical (unpaired) electrons. The van der Waals surface area contributed by atoms with E-state index in [-0.39, 0.29) is 17.8 Å². The van der Waals surface area contributed by atoms with Crippen molar-refractivity contribution in [3.8, 4) is 0 Å². The number of aromatic amines is 1. The Hall–Kier alpha value is -1.88. The number of halogens is 1. The smallest absolute Gasteiger partial charge is 0.291 e. The van der Waals surface area contributed by atoms with Gasteiger partial charge in [0.15, 0.2) is 0 Å². The molecule has 6 heteroatoms. The van der Waals surface area contributed by atoms with Gasteiger partial charge < -0.3 is 5.32 Å². The molecular weight excluding hydrogens is 276 g/mol. The summed E-state index contributed by atoms with van der Waals surface area (Å²) in [6.07, 6.45) is 1.38. The summed E-state index contributed by atoms with van der Waals surface area (Å²) >= 11 is 6.10. The summed E-state index contributed by atoms with van der Waals surface area (Å²) in [5.41, 5.74) is 1.01. The zero-order valence-electron chi connectivity index (χ0n) is 11.5. The third kappa shape index (κ3) is 3.57. The van der Waals surface area contributed by atoms with Crippen LogP contribution in [0.15, 0.2) is 24.3 Å². The van der Waals surface area contributed by atoms with E-state index in [2.05, 4.69) is 20.5 Å².